The average molecular weight is 193 g/mol. The van der Waals surface area contributed by atoms with Gasteiger partial charge in [-0.25, -0.2) is 0 Å². The lowest BCUT2D eigenvalue weighted by atomic mass is 10.1. The van der Waals surface area contributed by atoms with Crippen LogP contribution < -0.4 is 5.32 Å². The van der Waals surface area contributed by atoms with E-state index in [0.717, 1.165) is 12.3 Å². The van der Waals surface area contributed by atoms with Crippen LogP contribution >= 0.6 is 0 Å². The van der Waals surface area contributed by atoms with Crippen LogP contribution in [0.1, 0.15) is 52.4 Å². The summed E-state index contributed by atoms with van der Waals surface area (Å²) in [5.41, 5.74) is 0. The van der Waals surface area contributed by atoms with Crippen LogP contribution in [-0.4, -0.2) is 12.1 Å². The molecule has 3 unspecified atom stereocenters. The van der Waals surface area contributed by atoms with Gasteiger partial charge in [-0.1, -0.05) is 32.6 Å². The van der Waals surface area contributed by atoms with Crippen LogP contribution in [0.25, 0.3) is 0 Å². The highest BCUT2D eigenvalue weighted by Crippen LogP contribution is 2.28. The average Bonchev–Trinajstić information content (AvgIpc) is 2.65. The Labute approximate surface area is 88.7 Å². The SMILES string of the molecule is C#CC(CCC)NC1CCC(CC)C1. The predicted octanol–water partition coefficient (Wildman–Crippen LogP) is 2.96. The molecule has 1 nitrogen and oxygen atoms in total. The molecule has 1 saturated carbocycles. The van der Waals surface area contributed by atoms with Gasteiger partial charge in [-0.15, -0.1) is 6.42 Å². The number of terminal acetylenes is 1. The van der Waals surface area contributed by atoms with Crippen molar-refractivity contribution in [2.24, 2.45) is 5.92 Å². The molecule has 1 fully saturated rings. The standard InChI is InChI=1S/C13H23N/c1-4-7-12(6-3)14-13-9-8-11(5-2)10-13/h3,11-14H,4-5,7-10H2,1-2H3. The first-order chi connectivity index (χ1) is 6.80. The van der Waals surface area contributed by atoms with Crippen LogP contribution in [0.15, 0.2) is 0 Å². The second kappa shape index (κ2) is 6.09. The van der Waals surface area contributed by atoms with Gasteiger partial charge >= 0.3 is 0 Å². The quantitative estimate of drug-likeness (QED) is 0.662. The third-order valence-electron chi connectivity index (χ3n) is 3.33. The van der Waals surface area contributed by atoms with E-state index < -0.39 is 0 Å². The first-order valence-electron chi connectivity index (χ1n) is 6.02. The van der Waals surface area contributed by atoms with Gasteiger partial charge in [-0.05, 0) is 31.6 Å². The molecule has 1 aliphatic rings. The molecule has 0 aromatic carbocycles. The van der Waals surface area contributed by atoms with Crippen LogP contribution in [0.3, 0.4) is 0 Å². The molecule has 1 N–H and O–H groups in total. The summed E-state index contributed by atoms with van der Waals surface area (Å²) in [6, 6.07) is 0.994. The van der Waals surface area contributed by atoms with Crippen molar-refractivity contribution < 1.29 is 0 Å². The Bertz CT molecular complexity index is 192. The molecule has 0 radical (unpaired) electrons. The summed E-state index contributed by atoms with van der Waals surface area (Å²) in [4.78, 5) is 0. The highest BCUT2D eigenvalue weighted by Gasteiger charge is 2.24. The summed E-state index contributed by atoms with van der Waals surface area (Å²) in [6.45, 7) is 4.48. The summed E-state index contributed by atoms with van der Waals surface area (Å²) in [6.07, 6.45) is 13.1. The van der Waals surface area contributed by atoms with Gasteiger partial charge in [0.25, 0.3) is 0 Å². The van der Waals surface area contributed by atoms with Crippen molar-refractivity contribution in [2.75, 3.05) is 0 Å². The second-order valence-electron chi connectivity index (χ2n) is 4.46. The molecular formula is C13H23N. The normalized spacial score (nSPS) is 28.6. The molecule has 3 atom stereocenters. The van der Waals surface area contributed by atoms with Crippen LogP contribution in [0.4, 0.5) is 0 Å². The van der Waals surface area contributed by atoms with E-state index in [-0.39, 0.29) is 0 Å². The molecule has 0 heterocycles. The van der Waals surface area contributed by atoms with Gasteiger partial charge in [0.2, 0.25) is 0 Å². The van der Waals surface area contributed by atoms with Gasteiger partial charge in [-0.3, -0.25) is 0 Å². The van der Waals surface area contributed by atoms with Crippen molar-refractivity contribution >= 4 is 0 Å². The molecule has 0 spiro atoms. The molecule has 1 aliphatic carbocycles. The Morgan fingerprint density at radius 1 is 1.43 bits per heavy atom. The third kappa shape index (κ3) is 3.35. The zero-order valence-electron chi connectivity index (χ0n) is 9.55. The lowest BCUT2D eigenvalue weighted by Crippen LogP contribution is -2.35. The first-order valence-corrected chi connectivity index (χ1v) is 6.02. The Hall–Kier alpha value is -0.480. The van der Waals surface area contributed by atoms with E-state index in [2.05, 4.69) is 25.1 Å². The van der Waals surface area contributed by atoms with Crippen LogP contribution in [-0.2, 0) is 0 Å². The molecule has 80 valence electrons. The molecule has 0 aromatic rings. The molecule has 1 heteroatoms. The molecule has 14 heavy (non-hydrogen) atoms. The van der Waals surface area contributed by atoms with Gasteiger partial charge in [-0.2, -0.15) is 0 Å². The number of rotatable bonds is 5. The summed E-state index contributed by atoms with van der Waals surface area (Å²) in [5.74, 6) is 3.79. The van der Waals surface area contributed by atoms with Crippen molar-refractivity contribution in [3.63, 3.8) is 0 Å². The van der Waals surface area contributed by atoms with Crippen LogP contribution in [0, 0.1) is 18.3 Å². The van der Waals surface area contributed by atoms with Crippen molar-refractivity contribution in [2.45, 2.75) is 64.5 Å². The number of hydrogen-bond donors (Lipinski definition) is 1. The minimum Gasteiger partial charge on any atom is -0.301 e. The van der Waals surface area contributed by atoms with Crippen LogP contribution in [0.5, 0.6) is 0 Å². The molecule has 0 saturated heterocycles. The van der Waals surface area contributed by atoms with E-state index in [4.69, 9.17) is 6.42 Å². The van der Waals surface area contributed by atoms with Crippen molar-refractivity contribution in [3.8, 4) is 12.3 Å². The fourth-order valence-electron chi connectivity index (χ4n) is 2.39. The van der Waals surface area contributed by atoms with Gasteiger partial charge in [0.15, 0.2) is 0 Å². The fraction of sp³-hybridized carbons (Fsp3) is 0.846. The Balaban J connectivity index is 2.27. The van der Waals surface area contributed by atoms with Gasteiger partial charge in [0.05, 0.1) is 6.04 Å². The summed E-state index contributed by atoms with van der Waals surface area (Å²) in [7, 11) is 0. The van der Waals surface area contributed by atoms with Crippen molar-refractivity contribution in [3.05, 3.63) is 0 Å². The largest absolute Gasteiger partial charge is 0.301 e. The van der Waals surface area contributed by atoms with E-state index in [1.54, 1.807) is 0 Å². The lowest BCUT2D eigenvalue weighted by molar-refractivity contribution is 0.441. The zero-order valence-corrected chi connectivity index (χ0v) is 9.55. The maximum absolute atomic E-state index is 5.49. The molecule has 0 aromatic heterocycles. The smallest absolute Gasteiger partial charge is 0.0688 e. The predicted molar refractivity (Wildman–Crippen MR) is 62.1 cm³/mol. The van der Waals surface area contributed by atoms with E-state index in [9.17, 15) is 0 Å². The Kier molecular flexibility index (Phi) is 5.04. The van der Waals surface area contributed by atoms with Gasteiger partial charge in [0, 0.05) is 6.04 Å². The third-order valence-corrected chi connectivity index (χ3v) is 3.33. The van der Waals surface area contributed by atoms with Crippen molar-refractivity contribution in [1.29, 1.82) is 0 Å². The minimum atomic E-state index is 0.306. The van der Waals surface area contributed by atoms with E-state index in [1.807, 2.05) is 0 Å². The molecule has 0 amide bonds. The van der Waals surface area contributed by atoms with E-state index >= 15 is 0 Å². The zero-order chi connectivity index (χ0) is 10.4. The highest BCUT2D eigenvalue weighted by atomic mass is 14.9. The lowest BCUT2D eigenvalue weighted by Gasteiger charge is -2.18. The van der Waals surface area contributed by atoms with E-state index in [0.29, 0.717) is 12.1 Å². The number of hydrogen-bond acceptors (Lipinski definition) is 1. The van der Waals surface area contributed by atoms with Crippen molar-refractivity contribution in [1.82, 2.24) is 5.32 Å². The Morgan fingerprint density at radius 3 is 2.71 bits per heavy atom. The monoisotopic (exact) mass is 193 g/mol. The van der Waals surface area contributed by atoms with Gasteiger partial charge in [0.1, 0.15) is 0 Å². The Morgan fingerprint density at radius 2 is 2.21 bits per heavy atom. The molecule has 0 bridgehead atoms. The van der Waals surface area contributed by atoms with Gasteiger partial charge < -0.3 is 5.32 Å². The summed E-state index contributed by atoms with van der Waals surface area (Å²) < 4.78 is 0. The molecule has 0 aliphatic heterocycles. The maximum atomic E-state index is 5.49. The minimum absolute atomic E-state index is 0.306. The fourth-order valence-corrected chi connectivity index (χ4v) is 2.39. The topological polar surface area (TPSA) is 12.0 Å². The number of nitrogens with one attached hydrogen (secondary N) is 1. The van der Waals surface area contributed by atoms with Crippen LogP contribution in [0.2, 0.25) is 0 Å². The molecule has 1 rings (SSSR count). The maximum Gasteiger partial charge on any atom is 0.0688 e. The summed E-state index contributed by atoms with van der Waals surface area (Å²) in [5, 5.41) is 3.59. The second-order valence-corrected chi connectivity index (χ2v) is 4.46. The molecular weight excluding hydrogens is 170 g/mol. The van der Waals surface area contributed by atoms with E-state index in [1.165, 1.54) is 32.1 Å². The first kappa shape index (κ1) is 11.6. The summed E-state index contributed by atoms with van der Waals surface area (Å²) >= 11 is 0. The highest BCUT2D eigenvalue weighted by molar-refractivity contribution is 5.00.